The Morgan fingerprint density at radius 2 is 1.96 bits per heavy atom. The number of amides is 1. The molecule has 3 rings (SSSR count). The quantitative estimate of drug-likeness (QED) is 0.642. The van der Waals surface area contributed by atoms with Crippen molar-refractivity contribution in [3.05, 3.63) is 76.6 Å². The lowest BCUT2D eigenvalue weighted by Crippen LogP contribution is -2.30. The van der Waals surface area contributed by atoms with Gasteiger partial charge in [-0.2, -0.15) is 5.10 Å². The minimum atomic E-state index is -0.150. The Morgan fingerprint density at radius 1 is 1.22 bits per heavy atom. The van der Waals surface area contributed by atoms with Crippen LogP contribution in [0.4, 0.5) is 0 Å². The van der Waals surface area contributed by atoms with Gasteiger partial charge in [-0.15, -0.1) is 0 Å². The minimum absolute atomic E-state index is 0.0980. The van der Waals surface area contributed by atoms with Crippen LogP contribution in [0.25, 0.3) is 5.69 Å². The summed E-state index contributed by atoms with van der Waals surface area (Å²) in [5.74, 6) is 0.662. The largest absolute Gasteiger partial charge is 0.496 e. The second-order valence-corrected chi connectivity index (χ2v) is 6.81. The summed E-state index contributed by atoms with van der Waals surface area (Å²) in [4.78, 5) is 14.8. The van der Waals surface area contributed by atoms with Gasteiger partial charge < -0.3 is 9.64 Å². The van der Waals surface area contributed by atoms with Gasteiger partial charge in [0.1, 0.15) is 5.75 Å². The standard InChI is InChI=1S/C21H22ClN3O2/c1-14(18-10-5-6-11-20(18)27-4)24(3)21(26)19-13-23-25(15(19)2)17-9-7-8-16(22)12-17/h5-14H,1-4H3. The Morgan fingerprint density at radius 3 is 2.67 bits per heavy atom. The molecule has 0 saturated carbocycles. The van der Waals surface area contributed by atoms with Gasteiger partial charge in [0.15, 0.2) is 0 Å². The van der Waals surface area contributed by atoms with E-state index in [1.54, 1.807) is 36.0 Å². The summed E-state index contributed by atoms with van der Waals surface area (Å²) in [5, 5.41) is 5.00. The summed E-state index contributed by atoms with van der Waals surface area (Å²) < 4.78 is 7.15. The molecule has 27 heavy (non-hydrogen) atoms. The van der Waals surface area contributed by atoms with Crippen molar-refractivity contribution in [2.45, 2.75) is 19.9 Å². The zero-order valence-corrected chi connectivity index (χ0v) is 16.6. The van der Waals surface area contributed by atoms with E-state index in [1.807, 2.05) is 56.3 Å². The Balaban J connectivity index is 1.90. The lowest BCUT2D eigenvalue weighted by Gasteiger charge is -2.26. The molecule has 1 heterocycles. The Hall–Kier alpha value is -2.79. The van der Waals surface area contributed by atoms with Gasteiger partial charge in [0.05, 0.1) is 36.3 Å². The van der Waals surface area contributed by atoms with Crippen LogP contribution in [0, 0.1) is 6.92 Å². The molecule has 0 aliphatic carbocycles. The number of rotatable bonds is 5. The van der Waals surface area contributed by atoms with E-state index < -0.39 is 0 Å². The molecule has 1 unspecified atom stereocenters. The molecule has 1 amide bonds. The highest BCUT2D eigenvalue weighted by atomic mass is 35.5. The van der Waals surface area contributed by atoms with Crippen LogP contribution in [0.3, 0.4) is 0 Å². The summed E-state index contributed by atoms with van der Waals surface area (Å²) in [6.45, 7) is 3.86. The zero-order valence-electron chi connectivity index (χ0n) is 15.8. The number of hydrogen-bond acceptors (Lipinski definition) is 3. The number of aromatic nitrogens is 2. The number of halogens is 1. The van der Waals surface area contributed by atoms with Crippen molar-refractivity contribution < 1.29 is 9.53 Å². The number of benzene rings is 2. The van der Waals surface area contributed by atoms with E-state index in [4.69, 9.17) is 16.3 Å². The number of hydrogen-bond donors (Lipinski definition) is 0. The van der Waals surface area contributed by atoms with E-state index in [2.05, 4.69) is 5.10 Å². The van der Waals surface area contributed by atoms with Crippen LogP contribution in [-0.2, 0) is 0 Å². The first-order valence-corrected chi connectivity index (χ1v) is 9.02. The number of nitrogens with zero attached hydrogens (tertiary/aromatic N) is 3. The van der Waals surface area contributed by atoms with Crippen molar-refractivity contribution in [3.63, 3.8) is 0 Å². The highest BCUT2D eigenvalue weighted by Gasteiger charge is 2.24. The normalized spacial score (nSPS) is 11.9. The van der Waals surface area contributed by atoms with Gasteiger partial charge in [-0.1, -0.05) is 35.9 Å². The third kappa shape index (κ3) is 3.69. The predicted molar refractivity (Wildman–Crippen MR) is 107 cm³/mol. The highest BCUT2D eigenvalue weighted by Crippen LogP contribution is 2.29. The van der Waals surface area contributed by atoms with Gasteiger partial charge in [0.25, 0.3) is 5.91 Å². The summed E-state index contributed by atoms with van der Waals surface area (Å²) >= 11 is 6.08. The maximum atomic E-state index is 13.1. The number of ether oxygens (including phenoxy) is 1. The van der Waals surface area contributed by atoms with Crippen LogP contribution in [-0.4, -0.2) is 34.7 Å². The summed E-state index contributed by atoms with van der Waals surface area (Å²) in [6.07, 6.45) is 1.60. The van der Waals surface area contributed by atoms with E-state index >= 15 is 0 Å². The van der Waals surface area contributed by atoms with Crippen LogP contribution >= 0.6 is 11.6 Å². The molecule has 0 aliphatic rings. The molecule has 6 heteroatoms. The summed E-state index contributed by atoms with van der Waals surface area (Å²) in [6, 6.07) is 14.9. The molecular formula is C21H22ClN3O2. The lowest BCUT2D eigenvalue weighted by atomic mass is 10.1. The second kappa shape index (κ2) is 7.84. The zero-order chi connectivity index (χ0) is 19.6. The molecule has 2 aromatic carbocycles. The first-order valence-electron chi connectivity index (χ1n) is 8.64. The SMILES string of the molecule is COc1ccccc1C(C)N(C)C(=O)c1cnn(-c2cccc(Cl)c2)c1C. The first-order chi connectivity index (χ1) is 12.9. The predicted octanol–water partition coefficient (Wildman–Crippen LogP) is 4.68. The van der Waals surface area contributed by atoms with Crippen molar-refractivity contribution in [1.82, 2.24) is 14.7 Å². The van der Waals surface area contributed by atoms with Crippen LogP contribution in [0.2, 0.25) is 5.02 Å². The van der Waals surface area contributed by atoms with Crippen molar-refractivity contribution in [3.8, 4) is 11.4 Å². The van der Waals surface area contributed by atoms with Crippen LogP contribution < -0.4 is 4.74 Å². The Labute approximate surface area is 164 Å². The summed E-state index contributed by atoms with van der Waals surface area (Å²) in [5.41, 5.74) is 3.09. The first kappa shape index (κ1) is 19.0. The van der Waals surface area contributed by atoms with Crippen LogP contribution in [0.15, 0.2) is 54.7 Å². The van der Waals surface area contributed by atoms with Crippen molar-refractivity contribution >= 4 is 17.5 Å². The highest BCUT2D eigenvalue weighted by molar-refractivity contribution is 6.30. The lowest BCUT2D eigenvalue weighted by molar-refractivity contribution is 0.0740. The van der Waals surface area contributed by atoms with Gasteiger partial charge in [-0.05, 0) is 38.1 Å². The molecule has 5 nitrogen and oxygen atoms in total. The molecule has 3 aromatic rings. The molecule has 0 fully saturated rings. The van der Waals surface area contributed by atoms with Crippen molar-refractivity contribution in [2.24, 2.45) is 0 Å². The average Bonchev–Trinajstić information content (AvgIpc) is 3.07. The second-order valence-electron chi connectivity index (χ2n) is 6.37. The molecule has 0 aliphatic heterocycles. The van der Waals surface area contributed by atoms with Gasteiger partial charge in [0.2, 0.25) is 0 Å². The molecule has 0 N–H and O–H groups in total. The van der Waals surface area contributed by atoms with Gasteiger partial charge in [-0.25, -0.2) is 4.68 Å². The Kier molecular flexibility index (Phi) is 5.51. The van der Waals surface area contributed by atoms with E-state index in [1.165, 1.54) is 0 Å². The third-order valence-electron chi connectivity index (χ3n) is 4.78. The van der Waals surface area contributed by atoms with Gasteiger partial charge in [-0.3, -0.25) is 4.79 Å². The number of carbonyl (C=O) groups excluding carboxylic acids is 1. The fourth-order valence-electron chi connectivity index (χ4n) is 3.07. The summed E-state index contributed by atoms with van der Waals surface area (Å²) in [7, 11) is 3.42. The number of para-hydroxylation sites is 1. The number of methoxy groups -OCH3 is 1. The average molecular weight is 384 g/mol. The maximum absolute atomic E-state index is 13.1. The molecule has 0 saturated heterocycles. The smallest absolute Gasteiger partial charge is 0.257 e. The molecule has 0 spiro atoms. The fraction of sp³-hybridized carbons (Fsp3) is 0.238. The van der Waals surface area contributed by atoms with Crippen LogP contribution in [0.5, 0.6) is 5.75 Å². The maximum Gasteiger partial charge on any atom is 0.257 e. The van der Waals surface area contributed by atoms with Crippen LogP contribution in [0.1, 0.15) is 34.6 Å². The molecule has 0 bridgehead atoms. The number of carbonyl (C=O) groups is 1. The van der Waals surface area contributed by atoms with Crippen molar-refractivity contribution in [2.75, 3.05) is 14.2 Å². The molecule has 1 aromatic heterocycles. The molecular weight excluding hydrogens is 362 g/mol. The van der Waals surface area contributed by atoms with E-state index in [0.29, 0.717) is 10.6 Å². The molecule has 0 radical (unpaired) electrons. The monoisotopic (exact) mass is 383 g/mol. The Bertz CT molecular complexity index is 968. The third-order valence-corrected chi connectivity index (χ3v) is 5.02. The van der Waals surface area contributed by atoms with E-state index in [-0.39, 0.29) is 11.9 Å². The fourth-order valence-corrected chi connectivity index (χ4v) is 3.26. The van der Waals surface area contributed by atoms with Gasteiger partial charge >= 0.3 is 0 Å². The van der Waals surface area contributed by atoms with Crippen molar-refractivity contribution in [1.29, 1.82) is 0 Å². The van der Waals surface area contributed by atoms with Gasteiger partial charge in [0, 0.05) is 17.6 Å². The van der Waals surface area contributed by atoms with E-state index in [9.17, 15) is 4.79 Å². The minimum Gasteiger partial charge on any atom is -0.496 e. The van der Waals surface area contributed by atoms with E-state index in [0.717, 1.165) is 22.7 Å². The molecule has 1 atom stereocenters. The molecule has 140 valence electrons. The topological polar surface area (TPSA) is 47.4 Å².